The third-order valence-corrected chi connectivity index (χ3v) is 3.67. The Kier molecular flexibility index (Phi) is 2.35. The first-order valence-electron chi connectivity index (χ1n) is 6.05. The van der Waals surface area contributed by atoms with Gasteiger partial charge in [-0.05, 0) is 31.5 Å². The van der Waals surface area contributed by atoms with E-state index < -0.39 is 0 Å². The van der Waals surface area contributed by atoms with Crippen molar-refractivity contribution in [3.8, 4) is 17.2 Å². The zero-order valence-corrected chi connectivity index (χ0v) is 11.1. The molecule has 2 heterocycles. The number of phenols is 2. The average molecular weight is 257 g/mol. The molecule has 0 saturated heterocycles. The van der Waals surface area contributed by atoms with Crippen LogP contribution in [0.1, 0.15) is 11.1 Å². The lowest BCUT2D eigenvalue weighted by atomic mass is 10.1. The minimum absolute atomic E-state index is 0.0778. The van der Waals surface area contributed by atoms with Crippen molar-refractivity contribution in [1.29, 1.82) is 0 Å². The molecule has 0 aliphatic heterocycles. The Hall–Kier alpha value is -2.36. The maximum Gasteiger partial charge on any atom is 0.168 e. The molecule has 0 aliphatic rings. The third-order valence-electron chi connectivity index (χ3n) is 3.67. The van der Waals surface area contributed by atoms with Crippen molar-refractivity contribution in [3.05, 3.63) is 35.5 Å². The molecule has 98 valence electrons. The number of aromatic hydroxyl groups is 2. The molecule has 4 heteroatoms. The molecule has 3 rings (SSSR count). The second kappa shape index (κ2) is 3.82. The van der Waals surface area contributed by atoms with Gasteiger partial charge in [0.2, 0.25) is 0 Å². The number of hydrogen-bond acceptors (Lipinski definition) is 3. The Morgan fingerprint density at radius 3 is 2.47 bits per heavy atom. The molecule has 0 atom stereocenters. The summed E-state index contributed by atoms with van der Waals surface area (Å²) in [5.74, 6) is 0.539. The number of pyridine rings is 1. The lowest BCUT2D eigenvalue weighted by Crippen LogP contribution is -1.91. The molecule has 2 N–H and O–H groups in total. The molecular formula is C15H15NO3. The summed E-state index contributed by atoms with van der Waals surface area (Å²) in [5, 5.41) is 21.4. The van der Waals surface area contributed by atoms with Gasteiger partial charge in [-0.2, -0.15) is 0 Å². The van der Waals surface area contributed by atoms with Gasteiger partial charge in [0.15, 0.2) is 11.5 Å². The topological polar surface area (TPSA) is 54.1 Å². The van der Waals surface area contributed by atoms with Crippen molar-refractivity contribution in [3.63, 3.8) is 0 Å². The van der Waals surface area contributed by atoms with E-state index in [2.05, 4.69) is 0 Å². The lowest BCUT2D eigenvalue weighted by molar-refractivity contribution is 0.368. The van der Waals surface area contributed by atoms with Crippen molar-refractivity contribution in [1.82, 2.24) is 4.40 Å². The first kappa shape index (κ1) is 11.7. The molecule has 3 aromatic rings. The zero-order chi connectivity index (χ0) is 13.7. The Labute approximate surface area is 110 Å². The van der Waals surface area contributed by atoms with E-state index >= 15 is 0 Å². The predicted octanol–water partition coefficient (Wildman–Crippen LogP) is 3.13. The molecule has 0 fully saturated rings. The van der Waals surface area contributed by atoms with Gasteiger partial charge in [-0.25, -0.2) is 0 Å². The van der Waals surface area contributed by atoms with Gasteiger partial charge in [-0.15, -0.1) is 0 Å². The van der Waals surface area contributed by atoms with Gasteiger partial charge in [-0.1, -0.05) is 6.07 Å². The van der Waals surface area contributed by atoms with Crippen LogP contribution in [0.15, 0.2) is 24.4 Å². The highest BCUT2D eigenvalue weighted by molar-refractivity contribution is 6.02. The van der Waals surface area contributed by atoms with Gasteiger partial charge in [0.05, 0.1) is 18.0 Å². The number of ether oxygens (including phenoxy) is 1. The van der Waals surface area contributed by atoms with Crippen molar-refractivity contribution >= 4 is 16.4 Å². The number of methoxy groups -OCH3 is 1. The second-order valence-electron chi connectivity index (χ2n) is 4.66. The van der Waals surface area contributed by atoms with Crippen LogP contribution in [-0.4, -0.2) is 21.7 Å². The van der Waals surface area contributed by atoms with E-state index in [4.69, 9.17) is 4.74 Å². The zero-order valence-electron chi connectivity index (χ0n) is 11.1. The first-order valence-corrected chi connectivity index (χ1v) is 6.05. The van der Waals surface area contributed by atoms with Crippen LogP contribution in [0, 0.1) is 13.8 Å². The molecule has 2 aromatic heterocycles. The molecule has 0 saturated carbocycles. The van der Waals surface area contributed by atoms with E-state index in [1.54, 1.807) is 6.92 Å². The minimum atomic E-state index is 0.0778. The van der Waals surface area contributed by atoms with Crippen LogP contribution in [0.3, 0.4) is 0 Å². The summed E-state index contributed by atoms with van der Waals surface area (Å²) in [6.45, 7) is 3.65. The number of phenolic OH excluding ortho intramolecular Hbond substituents is 2. The van der Waals surface area contributed by atoms with Crippen LogP contribution >= 0.6 is 0 Å². The van der Waals surface area contributed by atoms with E-state index in [1.807, 2.05) is 35.7 Å². The highest BCUT2D eigenvalue weighted by Crippen LogP contribution is 2.46. The van der Waals surface area contributed by atoms with Crippen molar-refractivity contribution in [2.75, 3.05) is 7.11 Å². The number of benzene rings is 1. The van der Waals surface area contributed by atoms with E-state index in [9.17, 15) is 10.2 Å². The maximum absolute atomic E-state index is 10.4. The van der Waals surface area contributed by atoms with Gasteiger partial charge >= 0.3 is 0 Å². The van der Waals surface area contributed by atoms with Gasteiger partial charge in [-0.3, -0.25) is 0 Å². The van der Waals surface area contributed by atoms with Crippen LogP contribution < -0.4 is 4.74 Å². The van der Waals surface area contributed by atoms with Crippen LogP contribution in [0.2, 0.25) is 0 Å². The van der Waals surface area contributed by atoms with Crippen LogP contribution in [0.25, 0.3) is 16.4 Å². The largest absolute Gasteiger partial charge is 0.505 e. The monoisotopic (exact) mass is 257 g/mol. The predicted molar refractivity (Wildman–Crippen MR) is 74.3 cm³/mol. The van der Waals surface area contributed by atoms with Crippen molar-refractivity contribution < 1.29 is 14.9 Å². The fourth-order valence-corrected chi connectivity index (χ4v) is 2.72. The summed E-state index contributed by atoms with van der Waals surface area (Å²) in [6, 6.07) is 5.78. The Bertz CT molecular complexity index is 802. The van der Waals surface area contributed by atoms with Gasteiger partial charge in [0.25, 0.3) is 0 Å². The fourth-order valence-electron chi connectivity index (χ4n) is 2.72. The number of hydrogen-bond donors (Lipinski definition) is 2. The number of fused-ring (bicyclic) bond motifs is 3. The molecule has 0 aliphatic carbocycles. The fraction of sp³-hybridized carbons (Fsp3) is 0.200. The number of aromatic nitrogens is 1. The van der Waals surface area contributed by atoms with Crippen molar-refractivity contribution in [2.24, 2.45) is 0 Å². The summed E-state index contributed by atoms with van der Waals surface area (Å²) in [4.78, 5) is 0. The smallest absolute Gasteiger partial charge is 0.168 e. The maximum atomic E-state index is 10.4. The number of rotatable bonds is 1. The third kappa shape index (κ3) is 1.34. The molecule has 0 bridgehead atoms. The van der Waals surface area contributed by atoms with Gasteiger partial charge in [0, 0.05) is 17.3 Å². The quantitative estimate of drug-likeness (QED) is 0.658. The summed E-state index contributed by atoms with van der Waals surface area (Å²) in [6.07, 6.45) is 1.87. The SMILES string of the molecule is COc1c(C)c(O)c2c(c1O)c(C)c1ccccn12. The van der Waals surface area contributed by atoms with Crippen LogP contribution in [0.4, 0.5) is 0 Å². The molecular weight excluding hydrogens is 242 g/mol. The number of aryl methyl sites for hydroxylation is 1. The molecule has 0 radical (unpaired) electrons. The Balaban J connectivity index is 2.68. The Morgan fingerprint density at radius 1 is 1.05 bits per heavy atom. The van der Waals surface area contributed by atoms with E-state index in [1.165, 1.54) is 7.11 Å². The summed E-state index contributed by atoms with van der Waals surface area (Å²) in [5.41, 5.74) is 3.03. The summed E-state index contributed by atoms with van der Waals surface area (Å²) >= 11 is 0. The average Bonchev–Trinajstić information content (AvgIpc) is 2.71. The highest BCUT2D eigenvalue weighted by atomic mass is 16.5. The minimum Gasteiger partial charge on any atom is -0.505 e. The van der Waals surface area contributed by atoms with E-state index in [-0.39, 0.29) is 11.5 Å². The lowest BCUT2D eigenvalue weighted by Gasteiger charge is -2.11. The van der Waals surface area contributed by atoms with E-state index in [0.717, 1.165) is 11.1 Å². The summed E-state index contributed by atoms with van der Waals surface area (Å²) < 4.78 is 7.08. The molecule has 19 heavy (non-hydrogen) atoms. The standard InChI is InChI=1S/C15H15NO3/c1-8-10-6-4-5-7-16(10)12-11(8)14(18)15(19-3)9(2)13(12)17/h4-7,17-18H,1-3H3. The second-order valence-corrected chi connectivity index (χ2v) is 4.66. The molecule has 0 spiro atoms. The molecule has 0 amide bonds. The number of nitrogens with zero attached hydrogens (tertiary/aromatic N) is 1. The van der Waals surface area contributed by atoms with Crippen molar-refractivity contribution in [2.45, 2.75) is 13.8 Å². The first-order chi connectivity index (χ1) is 9.07. The molecule has 4 nitrogen and oxygen atoms in total. The summed E-state index contributed by atoms with van der Waals surface area (Å²) in [7, 11) is 1.48. The van der Waals surface area contributed by atoms with Gasteiger partial charge < -0.3 is 19.4 Å². The Morgan fingerprint density at radius 2 is 1.79 bits per heavy atom. The van der Waals surface area contributed by atoms with Crippen LogP contribution in [-0.2, 0) is 0 Å². The highest BCUT2D eigenvalue weighted by Gasteiger charge is 2.22. The van der Waals surface area contributed by atoms with Crippen LogP contribution in [0.5, 0.6) is 17.2 Å². The molecule has 1 aromatic carbocycles. The van der Waals surface area contributed by atoms with E-state index in [0.29, 0.717) is 22.2 Å². The molecule has 0 unspecified atom stereocenters. The van der Waals surface area contributed by atoms with Gasteiger partial charge in [0.1, 0.15) is 5.75 Å². The normalized spacial score (nSPS) is 11.3.